The van der Waals surface area contributed by atoms with Crippen LogP contribution >= 0.6 is 11.8 Å². The highest BCUT2D eigenvalue weighted by Crippen LogP contribution is 2.37. The van der Waals surface area contributed by atoms with Crippen molar-refractivity contribution in [2.45, 2.75) is 50.8 Å². The zero-order valence-electron chi connectivity index (χ0n) is 10.8. The van der Waals surface area contributed by atoms with E-state index in [2.05, 4.69) is 36.2 Å². The summed E-state index contributed by atoms with van der Waals surface area (Å²) in [6.45, 7) is 7.11. The Labute approximate surface area is 107 Å². The summed E-state index contributed by atoms with van der Waals surface area (Å²) in [4.78, 5) is 4.56. The Morgan fingerprint density at radius 2 is 2.29 bits per heavy atom. The molecule has 0 aliphatic carbocycles. The van der Waals surface area contributed by atoms with E-state index in [1.807, 2.05) is 11.8 Å². The maximum Gasteiger partial charge on any atom is 0.246 e. The molecule has 1 aliphatic heterocycles. The van der Waals surface area contributed by atoms with Crippen LogP contribution in [0.1, 0.15) is 57.0 Å². The summed E-state index contributed by atoms with van der Waals surface area (Å²) in [7, 11) is 0. The lowest BCUT2D eigenvalue weighted by molar-refractivity contribution is 0.270. The molecule has 17 heavy (non-hydrogen) atoms. The molecule has 0 radical (unpaired) electrons. The van der Waals surface area contributed by atoms with Crippen molar-refractivity contribution in [2.75, 3.05) is 12.3 Å². The lowest BCUT2D eigenvalue weighted by atomic mass is 10.1. The fourth-order valence-corrected chi connectivity index (χ4v) is 3.31. The Bertz CT molecular complexity index is 358. The summed E-state index contributed by atoms with van der Waals surface area (Å²) >= 11 is 1.95. The number of rotatable bonds is 4. The van der Waals surface area contributed by atoms with Crippen LogP contribution in [-0.2, 0) is 5.54 Å². The number of nitrogens with one attached hydrogen (secondary N) is 1. The molecule has 1 N–H and O–H groups in total. The molecule has 1 atom stereocenters. The Kier molecular flexibility index (Phi) is 4.09. The molecule has 0 aromatic carbocycles. The van der Waals surface area contributed by atoms with Crippen LogP contribution in [0.2, 0.25) is 0 Å². The van der Waals surface area contributed by atoms with Gasteiger partial charge < -0.3 is 9.84 Å². The molecule has 1 aliphatic rings. The molecule has 0 bridgehead atoms. The molecule has 0 amide bonds. The van der Waals surface area contributed by atoms with E-state index in [0.29, 0.717) is 11.1 Å². The van der Waals surface area contributed by atoms with E-state index in [4.69, 9.17) is 4.52 Å². The summed E-state index contributed by atoms with van der Waals surface area (Å²) in [5.41, 5.74) is -0.237. The molecule has 4 nitrogen and oxygen atoms in total. The monoisotopic (exact) mass is 255 g/mol. The second-order valence-electron chi connectivity index (χ2n) is 4.97. The van der Waals surface area contributed by atoms with Crippen molar-refractivity contribution in [3.8, 4) is 0 Å². The van der Waals surface area contributed by atoms with E-state index in [-0.39, 0.29) is 5.54 Å². The van der Waals surface area contributed by atoms with Crippen LogP contribution in [0.15, 0.2) is 4.52 Å². The van der Waals surface area contributed by atoms with Crippen LogP contribution in [0.25, 0.3) is 0 Å². The van der Waals surface area contributed by atoms with E-state index in [9.17, 15) is 0 Å². The highest BCUT2D eigenvalue weighted by molar-refractivity contribution is 7.99. The third-order valence-electron chi connectivity index (χ3n) is 3.06. The van der Waals surface area contributed by atoms with E-state index in [1.165, 1.54) is 25.0 Å². The van der Waals surface area contributed by atoms with Gasteiger partial charge in [-0.2, -0.15) is 16.7 Å². The first-order chi connectivity index (χ1) is 8.13. The number of aromatic nitrogens is 2. The van der Waals surface area contributed by atoms with Gasteiger partial charge >= 0.3 is 0 Å². The van der Waals surface area contributed by atoms with E-state index >= 15 is 0 Å². The van der Waals surface area contributed by atoms with Crippen LogP contribution in [-0.4, -0.2) is 22.4 Å². The maximum atomic E-state index is 5.40. The average Bonchev–Trinajstić information content (AvgIpc) is 2.80. The van der Waals surface area contributed by atoms with Gasteiger partial charge in [-0.15, -0.1) is 0 Å². The van der Waals surface area contributed by atoms with Gasteiger partial charge in [-0.05, 0) is 39.0 Å². The van der Waals surface area contributed by atoms with Crippen molar-refractivity contribution in [3.63, 3.8) is 0 Å². The maximum absolute atomic E-state index is 5.40. The van der Waals surface area contributed by atoms with Crippen molar-refractivity contribution in [1.82, 2.24) is 15.5 Å². The predicted molar refractivity (Wildman–Crippen MR) is 70.1 cm³/mol. The minimum atomic E-state index is -0.237. The lowest BCUT2D eigenvalue weighted by Crippen LogP contribution is -2.36. The van der Waals surface area contributed by atoms with E-state index in [1.54, 1.807) is 0 Å². The largest absolute Gasteiger partial charge is 0.337 e. The van der Waals surface area contributed by atoms with Crippen LogP contribution < -0.4 is 5.32 Å². The molecule has 0 spiro atoms. The number of thioether (sulfide) groups is 1. The first-order valence-electron chi connectivity index (χ1n) is 6.34. The zero-order valence-corrected chi connectivity index (χ0v) is 11.6. The van der Waals surface area contributed by atoms with E-state index in [0.717, 1.165) is 12.4 Å². The average molecular weight is 255 g/mol. The van der Waals surface area contributed by atoms with Gasteiger partial charge in [0.15, 0.2) is 5.82 Å². The van der Waals surface area contributed by atoms with Crippen LogP contribution in [0.4, 0.5) is 0 Å². The molecular weight excluding hydrogens is 234 g/mol. The zero-order chi connectivity index (χ0) is 12.3. The number of nitrogens with zero attached hydrogens (tertiary/aromatic N) is 2. The SMILES string of the molecule is CCNC(C)(C)c1nc(C2CCCCS2)no1. The summed E-state index contributed by atoms with van der Waals surface area (Å²) in [6.07, 6.45) is 3.76. The molecule has 5 heteroatoms. The van der Waals surface area contributed by atoms with Gasteiger partial charge in [-0.3, -0.25) is 0 Å². The molecule has 2 heterocycles. The molecule has 1 aromatic heterocycles. The Balaban J connectivity index is 2.09. The molecule has 1 aromatic rings. The quantitative estimate of drug-likeness (QED) is 0.896. The van der Waals surface area contributed by atoms with Gasteiger partial charge in [-0.1, -0.05) is 18.5 Å². The van der Waals surface area contributed by atoms with Crippen LogP contribution in [0, 0.1) is 0 Å². The van der Waals surface area contributed by atoms with Gasteiger partial charge in [0.05, 0.1) is 10.8 Å². The van der Waals surface area contributed by atoms with Crippen molar-refractivity contribution >= 4 is 11.8 Å². The minimum Gasteiger partial charge on any atom is -0.337 e. The van der Waals surface area contributed by atoms with Crippen molar-refractivity contribution < 1.29 is 4.52 Å². The van der Waals surface area contributed by atoms with Crippen LogP contribution in [0.5, 0.6) is 0 Å². The fourth-order valence-electron chi connectivity index (χ4n) is 2.08. The fraction of sp³-hybridized carbons (Fsp3) is 0.833. The van der Waals surface area contributed by atoms with Gasteiger partial charge in [0.2, 0.25) is 5.89 Å². The van der Waals surface area contributed by atoms with E-state index < -0.39 is 0 Å². The molecule has 96 valence electrons. The topological polar surface area (TPSA) is 51.0 Å². The summed E-state index contributed by atoms with van der Waals surface area (Å²) in [6, 6.07) is 0. The van der Waals surface area contributed by atoms with Gasteiger partial charge in [0, 0.05) is 0 Å². The van der Waals surface area contributed by atoms with Crippen molar-refractivity contribution in [2.24, 2.45) is 0 Å². The predicted octanol–water partition coefficient (Wildman–Crippen LogP) is 2.87. The Morgan fingerprint density at radius 3 is 2.94 bits per heavy atom. The normalized spacial score (nSPS) is 21.7. The minimum absolute atomic E-state index is 0.237. The second kappa shape index (κ2) is 5.40. The van der Waals surface area contributed by atoms with Crippen LogP contribution in [0.3, 0.4) is 0 Å². The summed E-state index contributed by atoms with van der Waals surface area (Å²) < 4.78 is 5.40. The highest BCUT2D eigenvalue weighted by atomic mass is 32.2. The first-order valence-corrected chi connectivity index (χ1v) is 7.39. The lowest BCUT2D eigenvalue weighted by Gasteiger charge is -2.20. The standard InChI is InChI=1S/C12H21N3OS/c1-4-13-12(2,3)11-14-10(15-16-11)9-7-5-6-8-17-9/h9,13H,4-8H2,1-3H3. The molecule has 2 rings (SSSR count). The molecule has 0 saturated carbocycles. The third kappa shape index (κ3) is 3.01. The second-order valence-corrected chi connectivity index (χ2v) is 6.28. The van der Waals surface area contributed by atoms with Crippen molar-refractivity contribution in [1.29, 1.82) is 0 Å². The Hall–Kier alpha value is -0.550. The van der Waals surface area contributed by atoms with Gasteiger partial charge in [0.25, 0.3) is 0 Å². The number of hydrogen-bond acceptors (Lipinski definition) is 5. The first kappa shape index (κ1) is 12.9. The summed E-state index contributed by atoms with van der Waals surface area (Å²) in [5.74, 6) is 2.78. The summed E-state index contributed by atoms with van der Waals surface area (Å²) in [5, 5.41) is 7.92. The van der Waals surface area contributed by atoms with Crippen molar-refractivity contribution in [3.05, 3.63) is 11.7 Å². The number of hydrogen-bond donors (Lipinski definition) is 1. The van der Waals surface area contributed by atoms with Gasteiger partial charge in [0.1, 0.15) is 0 Å². The molecular formula is C12H21N3OS. The van der Waals surface area contributed by atoms with Gasteiger partial charge in [-0.25, -0.2) is 0 Å². The smallest absolute Gasteiger partial charge is 0.246 e. The third-order valence-corrected chi connectivity index (χ3v) is 4.44. The highest BCUT2D eigenvalue weighted by Gasteiger charge is 2.29. The molecule has 1 saturated heterocycles. The molecule has 1 unspecified atom stereocenters. The molecule has 1 fully saturated rings. The Morgan fingerprint density at radius 1 is 1.47 bits per heavy atom.